The Kier molecular flexibility index (Phi) is 3.99. The highest BCUT2D eigenvalue weighted by Gasteiger charge is 2.19. The summed E-state index contributed by atoms with van der Waals surface area (Å²) in [6, 6.07) is 5.97. The molecule has 98 valence electrons. The fourth-order valence-corrected chi connectivity index (χ4v) is 2.37. The van der Waals surface area contributed by atoms with Crippen molar-refractivity contribution in [1.82, 2.24) is 0 Å². The number of rotatable bonds is 3. The van der Waals surface area contributed by atoms with Crippen molar-refractivity contribution in [2.75, 3.05) is 25.7 Å². The maximum absolute atomic E-state index is 11.8. The molecule has 4 heteroatoms. The maximum atomic E-state index is 11.8. The van der Waals surface area contributed by atoms with Crippen molar-refractivity contribution in [3.63, 3.8) is 0 Å². The van der Waals surface area contributed by atoms with E-state index in [9.17, 15) is 4.79 Å². The molecular formula is C14H20N2O2. The molecule has 0 bridgehead atoms. The van der Waals surface area contributed by atoms with Gasteiger partial charge in [0.15, 0.2) is 0 Å². The second-order valence-corrected chi connectivity index (χ2v) is 4.76. The van der Waals surface area contributed by atoms with Crippen LogP contribution in [0, 0.1) is 0 Å². The van der Waals surface area contributed by atoms with Crippen LogP contribution in [-0.2, 0) is 16.0 Å². The smallest absolute Gasteiger partial charge is 0.226 e. The number of anilines is 1. The Labute approximate surface area is 108 Å². The maximum Gasteiger partial charge on any atom is 0.226 e. The number of nitrogens with zero attached hydrogens (tertiary/aromatic N) is 1. The quantitative estimate of drug-likeness (QED) is 0.884. The molecular weight excluding hydrogens is 228 g/mol. The van der Waals surface area contributed by atoms with Crippen LogP contribution in [0.3, 0.4) is 0 Å². The number of hydrogen-bond acceptors (Lipinski definition) is 3. The molecule has 0 fully saturated rings. The Bertz CT molecular complexity index is 445. The summed E-state index contributed by atoms with van der Waals surface area (Å²) in [5, 5.41) is 0. The van der Waals surface area contributed by atoms with Crippen LogP contribution in [0.25, 0.3) is 0 Å². The first-order valence-corrected chi connectivity index (χ1v) is 6.27. The molecule has 1 atom stereocenters. The number of fused-ring (bicyclic) bond motifs is 1. The van der Waals surface area contributed by atoms with Gasteiger partial charge in [0.2, 0.25) is 5.91 Å². The van der Waals surface area contributed by atoms with Gasteiger partial charge in [0.05, 0.1) is 12.6 Å². The van der Waals surface area contributed by atoms with Gasteiger partial charge in [-0.15, -0.1) is 0 Å². The SMILES string of the molecule is COCC(N)c1ccc2c(c1)CCCC(=O)N2C. The van der Waals surface area contributed by atoms with E-state index in [-0.39, 0.29) is 11.9 Å². The highest BCUT2D eigenvalue weighted by atomic mass is 16.5. The Hall–Kier alpha value is -1.39. The van der Waals surface area contributed by atoms with Crippen molar-refractivity contribution in [2.24, 2.45) is 5.73 Å². The van der Waals surface area contributed by atoms with Crippen molar-refractivity contribution in [1.29, 1.82) is 0 Å². The van der Waals surface area contributed by atoms with Gasteiger partial charge in [0, 0.05) is 26.3 Å². The van der Waals surface area contributed by atoms with Gasteiger partial charge >= 0.3 is 0 Å². The molecule has 1 aliphatic rings. The number of aryl methyl sites for hydroxylation is 1. The van der Waals surface area contributed by atoms with Gasteiger partial charge in [-0.2, -0.15) is 0 Å². The predicted molar refractivity (Wildman–Crippen MR) is 71.6 cm³/mol. The van der Waals surface area contributed by atoms with Gasteiger partial charge < -0.3 is 15.4 Å². The minimum Gasteiger partial charge on any atom is -0.383 e. The molecule has 1 aliphatic heterocycles. The summed E-state index contributed by atoms with van der Waals surface area (Å²) in [7, 11) is 3.48. The molecule has 1 aromatic rings. The van der Waals surface area contributed by atoms with E-state index in [0.29, 0.717) is 13.0 Å². The van der Waals surface area contributed by atoms with Crippen LogP contribution in [0.2, 0.25) is 0 Å². The number of ether oxygens (including phenoxy) is 1. The molecule has 0 aliphatic carbocycles. The number of nitrogens with two attached hydrogens (primary N) is 1. The molecule has 1 unspecified atom stereocenters. The van der Waals surface area contributed by atoms with Gasteiger partial charge in [-0.25, -0.2) is 0 Å². The average Bonchev–Trinajstić information content (AvgIpc) is 2.50. The van der Waals surface area contributed by atoms with Gasteiger partial charge in [-0.05, 0) is 30.0 Å². The molecule has 2 rings (SSSR count). The number of carbonyl (C=O) groups is 1. The first kappa shape index (κ1) is 13.1. The highest BCUT2D eigenvalue weighted by Crippen LogP contribution is 2.28. The van der Waals surface area contributed by atoms with E-state index in [2.05, 4.69) is 6.07 Å². The topological polar surface area (TPSA) is 55.6 Å². The Balaban J connectivity index is 2.31. The summed E-state index contributed by atoms with van der Waals surface area (Å²) in [4.78, 5) is 13.5. The lowest BCUT2D eigenvalue weighted by Crippen LogP contribution is -2.25. The Morgan fingerprint density at radius 3 is 2.94 bits per heavy atom. The minimum absolute atomic E-state index is 0.107. The monoisotopic (exact) mass is 248 g/mol. The minimum atomic E-state index is -0.107. The van der Waals surface area contributed by atoms with Crippen LogP contribution in [0.15, 0.2) is 18.2 Å². The van der Waals surface area contributed by atoms with Crippen LogP contribution in [0.5, 0.6) is 0 Å². The highest BCUT2D eigenvalue weighted by molar-refractivity contribution is 5.94. The van der Waals surface area contributed by atoms with Gasteiger partial charge in [-0.3, -0.25) is 4.79 Å². The number of carbonyl (C=O) groups excluding carboxylic acids is 1. The molecule has 1 heterocycles. The fourth-order valence-electron chi connectivity index (χ4n) is 2.37. The molecule has 0 saturated carbocycles. The van der Waals surface area contributed by atoms with Crippen LogP contribution in [0.1, 0.15) is 30.0 Å². The van der Waals surface area contributed by atoms with Crippen LogP contribution < -0.4 is 10.6 Å². The van der Waals surface area contributed by atoms with Crippen LogP contribution >= 0.6 is 0 Å². The third kappa shape index (κ3) is 2.54. The summed E-state index contributed by atoms with van der Waals surface area (Å²) >= 11 is 0. The number of hydrogen-bond donors (Lipinski definition) is 1. The second-order valence-electron chi connectivity index (χ2n) is 4.76. The Morgan fingerprint density at radius 2 is 2.22 bits per heavy atom. The average molecular weight is 248 g/mol. The van der Waals surface area contributed by atoms with Crippen LogP contribution in [0.4, 0.5) is 5.69 Å². The van der Waals surface area contributed by atoms with Crippen molar-refractivity contribution >= 4 is 11.6 Å². The number of benzene rings is 1. The van der Waals surface area contributed by atoms with E-state index in [1.165, 1.54) is 5.56 Å². The molecule has 2 N–H and O–H groups in total. The summed E-state index contributed by atoms with van der Waals surface area (Å²) in [5.41, 5.74) is 9.31. The van der Waals surface area contributed by atoms with Crippen molar-refractivity contribution in [3.8, 4) is 0 Å². The third-order valence-electron chi connectivity index (χ3n) is 3.45. The molecule has 18 heavy (non-hydrogen) atoms. The largest absolute Gasteiger partial charge is 0.383 e. The van der Waals surface area contributed by atoms with E-state index >= 15 is 0 Å². The normalized spacial score (nSPS) is 17.3. The van der Waals surface area contributed by atoms with Gasteiger partial charge in [0.1, 0.15) is 0 Å². The fraction of sp³-hybridized carbons (Fsp3) is 0.500. The molecule has 0 aromatic heterocycles. The molecule has 1 amide bonds. The summed E-state index contributed by atoms with van der Waals surface area (Å²) in [5.74, 6) is 0.183. The van der Waals surface area contributed by atoms with E-state index in [0.717, 1.165) is 24.1 Å². The number of methoxy groups -OCH3 is 1. The molecule has 1 aromatic carbocycles. The molecule has 4 nitrogen and oxygen atoms in total. The standard InChI is InChI=1S/C14H20N2O2/c1-16-13-7-6-10(12(15)9-18-2)8-11(13)4-3-5-14(16)17/h6-8,12H,3-5,9,15H2,1-2H3. The van der Waals surface area contributed by atoms with Gasteiger partial charge in [-0.1, -0.05) is 12.1 Å². The van der Waals surface area contributed by atoms with E-state index in [4.69, 9.17) is 10.5 Å². The van der Waals surface area contributed by atoms with Crippen molar-refractivity contribution < 1.29 is 9.53 Å². The van der Waals surface area contributed by atoms with Crippen LogP contribution in [-0.4, -0.2) is 26.7 Å². The molecule has 0 saturated heterocycles. The lowest BCUT2D eigenvalue weighted by Gasteiger charge is -2.19. The second kappa shape index (κ2) is 5.50. The van der Waals surface area contributed by atoms with E-state index in [1.807, 2.05) is 19.2 Å². The summed E-state index contributed by atoms with van der Waals surface area (Å²) in [6.45, 7) is 0.507. The van der Waals surface area contributed by atoms with Crippen molar-refractivity contribution in [3.05, 3.63) is 29.3 Å². The number of amides is 1. The summed E-state index contributed by atoms with van der Waals surface area (Å²) in [6.07, 6.45) is 2.45. The van der Waals surface area contributed by atoms with Gasteiger partial charge in [0.25, 0.3) is 0 Å². The van der Waals surface area contributed by atoms with E-state index in [1.54, 1.807) is 12.0 Å². The first-order valence-electron chi connectivity index (χ1n) is 6.27. The zero-order valence-electron chi connectivity index (χ0n) is 11.0. The van der Waals surface area contributed by atoms with Crippen molar-refractivity contribution in [2.45, 2.75) is 25.3 Å². The lowest BCUT2D eigenvalue weighted by molar-refractivity contribution is -0.118. The van der Waals surface area contributed by atoms with E-state index < -0.39 is 0 Å². The lowest BCUT2D eigenvalue weighted by atomic mass is 10.0. The zero-order chi connectivity index (χ0) is 13.1. The zero-order valence-corrected chi connectivity index (χ0v) is 11.0. The predicted octanol–water partition coefficient (Wildman–Crippen LogP) is 1.63. The first-order chi connectivity index (χ1) is 8.63. The third-order valence-corrected chi connectivity index (χ3v) is 3.45. The molecule has 0 spiro atoms. The molecule has 0 radical (unpaired) electrons. The Morgan fingerprint density at radius 1 is 1.44 bits per heavy atom. The summed E-state index contributed by atoms with van der Waals surface area (Å²) < 4.78 is 5.08.